The Morgan fingerprint density at radius 1 is 1.19 bits per heavy atom. The first-order valence-corrected chi connectivity index (χ1v) is 11.7. The minimum absolute atomic E-state index is 0.258. The van der Waals surface area contributed by atoms with Crippen LogP contribution in [0.3, 0.4) is 0 Å². The summed E-state index contributed by atoms with van der Waals surface area (Å²) in [5.41, 5.74) is 1.89. The lowest BCUT2D eigenvalue weighted by Gasteiger charge is -2.23. The van der Waals surface area contributed by atoms with Crippen LogP contribution < -0.4 is 5.32 Å². The van der Waals surface area contributed by atoms with E-state index in [2.05, 4.69) is 20.4 Å². The van der Waals surface area contributed by atoms with Crippen LogP contribution in [0.1, 0.15) is 43.6 Å². The first kappa shape index (κ1) is 21.4. The van der Waals surface area contributed by atoms with Gasteiger partial charge >= 0.3 is 0 Å². The van der Waals surface area contributed by atoms with Crippen molar-refractivity contribution >= 4 is 21.5 Å². The molecular formula is C21H25FN6O2S. The SMILES string of the molecule is CCCn1cc(S(=O)(=O)N2CCC[C@H]2c2ccc(Nc3ccc(F)cn3)cn2)c(C)n1. The molecule has 1 saturated heterocycles. The molecule has 4 rings (SSSR count). The fourth-order valence-corrected chi connectivity index (χ4v) is 5.66. The molecule has 0 spiro atoms. The lowest BCUT2D eigenvalue weighted by Crippen LogP contribution is -2.31. The zero-order valence-corrected chi connectivity index (χ0v) is 18.3. The monoisotopic (exact) mass is 444 g/mol. The summed E-state index contributed by atoms with van der Waals surface area (Å²) >= 11 is 0. The van der Waals surface area contributed by atoms with Gasteiger partial charge in [0.25, 0.3) is 0 Å². The Bertz CT molecular complexity index is 1150. The van der Waals surface area contributed by atoms with Crippen LogP contribution in [0.15, 0.2) is 47.8 Å². The van der Waals surface area contributed by atoms with Crippen LogP contribution in [0.4, 0.5) is 15.9 Å². The van der Waals surface area contributed by atoms with Crippen molar-refractivity contribution in [2.45, 2.75) is 50.6 Å². The van der Waals surface area contributed by atoms with E-state index in [1.807, 2.05) is 19.1 Å². The number of pyridine rings is 2. The second kappa shape index (κ2) is 8.72. The van der Waals surface area contributed by atoms with Crippen LogP contribution in [0.25, 0.3) is 0 Å². The highest BCUT2D eigenvalue weighted by Gasteiger charge is 2.38. The quantitative estimate of drug-likeness (QED) is 0.596. The number of nitrogens with zero attached hydrogens (tertiary/aromatic N) is 5. The second-order valence-electron chi connectivity index (χ2n) is 7.57. The molecule has 8 nitrogen and oxygen atoms in total. The Labute approximate surface area is 181 Å². The number of hydrogen-bond donors (Lipinski definition) is 1. The third-order valence-electron chi connectivity index (χ3n) is 5.27. The van der Waals surface area contributed by atoms with Crippen molar-refractivity contribution in [2.75, 3.05) is 11.9 Å². The highest BCUT2D eigenvalue weighted by molar-refractivity contribution is 7.89. The Balaban J connectivity index is 1.54. The van der Waals surface area contributed by atoms with Crippen LogP contribution in [0.5, 0.6) is 0 Å². The molecule has 0 bridgehead atoms. The molecule has 0 saturated carbocycles. The number of anilines is 2. The maximum atomic E-state index is 13.4. The van der Waals surface area contributed by atoms with Gasteiger partial charge in [-0.1, -0.05) is 6.92 Å². The molecule has 3 aromatic rings. The fraction of sp³-hybridized carbons (Fsp3) is 0.381. The van der Waals surface area contributed by atoms with Crippen LogP contribution in [0.2, 0.25) is 0 Å². The van der Waals surface area contributed by atoms with Gasteiger partial charge in [-0.2, -0.15) is 9.40 Å². The highest BCUT2D eigenvalue weighted by atomic mass is 32.2. The summed E-state index contributed by atoms with van der Waals surface area (Å²) in [4.78, 5) is 8.72. The molecule has 0 aliphatic carbocycles. The van der Waals surface area contributed by atoms with Gasteiger partial charge in [0.2, 0.25) is 10.0 Å². The predicted octanol–water partition coefficient (Wildman–Crippen LogP) is 3.80. The van der Waals surface area contributed by atoms with Crippen LogP contribution in [0, 0.1) is 12.7 Å². The lowest BCUT2D eigenvalue weighted by molar-refractivity contribution is 0.390. The van der Waals surface area contributed by atoms with Gasteiger partial charge in [0.05, 0.1) is 35.5 Å². The van der Waals surface area contributed by atoms with Crippen molar-refractivity contribution in [2.24, 2.45) is 0 Å². The number of aromatic nitrogens is 4. The predicted molar refractivity (Wildman–Crippen MR) is 115 cm³/mol. The molecule has 0 unspecified atom stereocenters. The number of aryl methyl sites for hydroxylation is 2. The fourth-order valence-electron chi connectivity index (χ4n) is 3.82. The van der Waals surface area contributed by atoms with Gasteiger partial charge < -0.3 is 5.32 Å². The molecular weight excluding hydrogens is 419 g/mol. The maximum absolute atomic E-state index is 13.4. The van der Waals surface area contributed by atoms with Gasteiger partial charge in [-0.25, -0.2) is 17.8 Å². The molecule has 1 aliphatic heterocycles. The summed E-state index contributed by atoms with van der Waals surface area (Å²) in [6, 6.07) is 6.18. The van der Waals surface area contributed by atoms with Crippen molar-refractivity contribution in [3.63, 3.8) is 0 Å². The normalized spacial score (nSPS) is 17.2. The van der Waals surface area contributed by atoms with Crippen LogP contribution in [-0.4, -0.2) is 39.0 Å². The van der Waals surface area contributed by atoms with E-state index in [9.17, 15) is 12.8 Å². The van der Waals surface area contributed by atoms with E-state index in [0.29, 0.717) is 42.4 Å². The Morgan fingerprint density at radius 2 is 2.03 bits per heavy atom. The summed E-state index contributed by atoms with van der Waals surface area (Å²) in [7, 11) is -3.68. The lowest BCUT2D eigenvalue weighted by atomic mass is 10.1. The third kappa shape index (κ3) is 4.45. The molecule has 1 fully saturated rings. The third-order valence-corrected chi connectivity index (χ3v) is 7.28. The van der Waals surface area contributed by atoms with Gasteiger partial charge in [-0.15, -0.1) is 0 Å². The van der Waals surface area contributed by atoms with E-state index in [4.69, 9.17) is 0 Å². The smallest absolute Gasteiger partial charge is 0.247 e. The van der Waals surface area contributed by atoms with Crippen molar-refractivity contribution in [1.29, 1.82) is 0 Å². The van der Waals surface area contributed by atoms with E-state index >= 15 is 0 Å². The van der Waals surface area contributed by atoms with Crippen molar-refractivity contribution in [1.82, 2.24) is 24.1 Å². The van der Waals surface area contributed by atoms with Crippen LogP contribution >= 0.6 is 0 Å². The molecule has 0 amide bonds. The van der Waals surface area contributed by atoms with Gasteiger partial charge in [-0.05, 0) is 50.5 Å². The molecule has 4 heterocycles. The summed E-state index contributed by atoms with van der Waals surface area (Å²) in [6.45, 7) is 4.88. The molecule has 1 N–H and O–H groups in total. The number of nitrogens with one attached hydrogen (secondary N) is 1. The summed E-state index contributed by atoms with van der Waals surface area (Å²) < 4.78 is 43.0. The zero-order chi connectivity index (χ0) is 22.0. The molecule has 1 aliphatic rings. The van der Waals surface area contributed by atoms with Gasteiger partial charge in [0.15, 0.2) is 0 Å². The largest absolute Gasteiger partial charge is 0.339 e. The molecule has 0 aromatic carbocycles. The molecule has 0 radical (unpaired) electrons. The van der Waals surface area contributed by atoms with E-state index in [-0.39, 0.29) is 10.9 Å². The first-order chi connectivity index (χ1) is 14.9. The minimum Gasteiger partial charge on any atom is -0.339 e. The van der Waals surface area contributed by atoms with E-state index in [1.165, 1.54) is 16.4 Å². The average molecular weight is 445 g/mol. The summed E-state index contributed by atoms with van der Waals surface area (Å²) in [5.74, 6) is 0.0950. The van der Waals surface area contributed by atoms with Crippen molar-refractivity contribution < 1.29 is 12.8 Å². The van der Waals surface area contributed by atoms with Gasteiger partial charge in [0, 0.05) is 19.3 Å². The molecule has 10 heteroatoms. The second-order valence-corrected chi connectivity index (χ2v) is 9.43. The molecule has 1 atom stereocenters. The number of hydrogen-bond acceptors (Lipinski definition) is 6. The first-order valence-electron chi connectivity index (χ1n) is 10.3. The summed E-state index contributed by atoms with van der Waals surface area (Å²) in [6.07, 6.45) is 6.75. The summed E-state index contributed by atoms with van der Waals surface area (Å²) in [5, 5.41) is 7.41. The van der Waals surface area contributed by atoms with Crippen molar-refractivity contribution in [3.8, 4) is 0 Å². The molecule has 164 valence electrons. The zero-order valence-electron chi connectivity index (χ0n) is 17.5. The van der Waals surface area contributed by atoms with Crippen LogP contribution in [-0.2, 0) is 16.6 Å². The minimum atomic E-state index is -3.68. The van der Waals surface area contributed by atoms with Gasteiger partial charge in [-0.3, -0.25) is 9.67 Å². The number of halogens is 1. The Kier molecular flexibility index (Phi) is 6.01. The topological polar surface area (TPSA) is 93.0 Å². The molecule has 3 aromatic heterocycles. The van der Waals surface area contributed by atoms with E-state index in [0.717, 1.165) is 19.0 Å². The maximum Gasteiger partial charge on any atom is 0.247 e. The highest BCUT2D eigenvalue weighted by Crippen LogP contribution is 2.36. The Morgan fingerprint density at radius 3 is 2.71 bits per heavy atom. The average Bonchev–Trinajstić information content (AvgIpc) is 3.38. The Hall–Kier alpha value is -2.85. The van der Waals surface area contributed by atoms with Crippen molar-refractivity contribution in [3.05, 3.63) is 60.1 Å². The number of sulfonamides is 1. The van der Waals surface area contributed by atoms with E-state index < -0.39 is 15.8 Å². The number of rotatable bonds is 7. The molecule has 31 heavy (non-hydrogen) atoms. The standard InChI is InChI=1S/C21H25FN6O2S/c1-3-10-27-14-20(15(2)26-27)31(29,30)28-11-4-5-19(28)18-8-7-17(13-23-18)25-21-9-6-16(22)12-24-21/h6-9,12-14,19H,3-5,10-11H2,1-2H3,(H,24,25)/t19-/m0/s1. The van der Waals surface area contributed by atoms with E-state index in [1.54, 1.807) is 24.0 Å². The van der Waals surface area contributed by atoms with Gasteiger partial charge in [0.1, 0.15) is 16.5 Å².